The molecule has 0 radical (unpaired) electrons. The van der Waals surface area contributed by atoms with Crippen LogP contribution in [0, 0.1) is 0 Å². The average Bonchev–Trinajstić information content (AvgIpc) is 2.90. The molecule has 102 valence electrons. The standard InChI is InChI=1S/C15H15N3O2/c1-18(2)13-9-8-12-15(17-13)20-14(16-12)10-4-6-11(19-3)7-5-10/h4-9H,1-3H3. The molecular weight excluding hydrogens is 254 g/mol. The molecule has 2 aromatic heterocycles. The average molecular weight is 269 g/mol. The molecule has 0 bridgehead atoms. The fourth-order valence-corrected chi connectivity index (χ4v) is 1.91. The topological polar surface area (TPSA) is 51.4 Å². The van der Waals surface area contributed by atoms with Crippen LogP contribution in [0.5, 0.6) is 5.75 Å². The summed E-state index contributed by atoms with van der Waals surface area (Å²) in [7, 11) is 5.52. The van der Waals surface area contributed by atoms with Gasteiger partial charge in [-0.05, 0) is 36.4 Å². The fraction of sp³-hybridized carbons (Fsp3) is 0.200. The van der Waals surface area contributed by atoms with E-state index in [1.807, 2.05) is 55.4 Å². The normalized spacial score (nSPS) is 10.8. The maximum Gasteiger partial charge on any atom is 0.249 e. The van der Waals surface area contributed by atoms with Crippen molar-refractivity contribution in [2.24, 2.45) is 0 Å². The van der Waals surface area contributed by atoms with E-state index in [9.17, 15) is 0 Å². The lowest BCUT2D eigenvalue weighted by atomic mass is 10.2. The van der Waals surface area contributed by atoms with Gasteiger partial charge in [-0.1, -0.05) is 0 Å². The highest BCUT2D eigenvalue weighted by Gasteiger charge is 2.10. The van der Waals surface area contributed by atoms with Gasteiger partial charge in [-0.15, -0.1) is 0 Å². The Balaban J connectivity index is 2.03. The smallest absolute Gasteiger partial charge is 0.249 e. The molecule has 0 unspecified atom stereocenters. The molecular formula is C15H15N3O2. The minimum atomic E-state index is 0.544. The number of pyridine rings is 1. The molecule has 1 aromatic carbocycles. The third kappa shape index (κ3) is 2.18. The number of methoxy groups -OCH3 is 1. The third-order valence-corrected chi connectivity index (χ3v) is 3.04. The Morgan fingerprint density at radius 2 is 1.75 bits per heavy atom. The van der Waals surface area contributed by atoms with Crippen LogP contribution in [0.3, 0.4) is 0 Å². The number of nitrogens with zero attached hydrogens (tertiary/aromatic N) is 3. The molecule has 0 N–H and O–H groups in total. The molecule has 20 heavy (non-hydrogen) atoms. The molecule has 3 rings (SSSR count). The number of benzene rings is 1. The highest BCUT2D eigenvalue weighted by molar-refractivity contribution is 5.74. The molecule has 5 heteroatoms. The maximum absolute atomic E-state index is 5.73. The van der Waals surface area contributed by atoms with E-state index >= 15 is 0 Å². The zero-order valence-corrected chi connectivity index (χ0v) is 11.6. The van der Waals surface area contributed by atoms with Crippen LogP contribution in [-0.4, -0.2) is 31.2 Å². The third-order valence-electron chi connectivity index (χ3n) is 3.04. The molecule has 0 aliphatic heterocycles. The Labute approximate surface area is 116 Å². The minimum absolute atomic E-state index is 0.544. The number of hydrogen-bond donors (Lipinski definition) is 0. The summed E-state index contributed by atoms with van der Waals surface area (Å²) in [5, 5.41) is 0. The van der Waals surface area contributed by atoms with Crippen LogP contribution in [0.15, 0.2) is 40.8 Å². The lowest BCUT2D eigenvalue weighted by molar-refractivity contribution is 0.415. The van der Waals surface area contributed by atoms with Crippen LogP contribution < -0.4 is 9.64 Å². The SMILES string of the molecule is COc1ccc(-c2nc3ccc(N(C)C)nc3o2)cc1. The number of hydrogen-bond acceptors (Lipinski definition) is 5. The summed E-state index contributed by atoms with van der Waals surface area (Å²) in [6.45, 7) is 0. The fourth-order valence-electron chi connectivity index (χ4n) is 1.91. The quantitative estimate of drug-likeness (QED) is 0.731. The van der Waals surface area contributed by atoms with Gasteiger partial charge < -0.3 is 14.1 Å². The van der Waals surface area contributed by atoms with Crippen LogP contribution in [0.2, 0.25) is 0 Å². The molecule has 3 aromatic rings. The first-order valence-electron chi connectivity index (χ1n) is 6.27. The highest BCUT2D eigenvalue weighted by Crippen LogP contribution is 2.26. The van der Waals surface area contributed by atoms with Crippen molar-refractivity contribution in [2.45, 2.75) is 0 Å². The van der Waals surface area contributed by atoms with Crippen LogP contribution in [-0.2, 0) is 0 Å². The van der Waals surface area contributed by atoms with Gasteiger partial charge in [-0.25, -0.2) is 4.98 Å². The van der Waals surface area contributed by atoms with Crippen molar-refractivity contribution in [2.75, 3.05) is 26.1 Å². The van der Waals surface area contributed by atoms with E-state index in [0.717, 1.165) is 22.6 Å². The summed E-state index contributed by atoms with van der Waals surface area (Å²) >= 11 is 0. The summed E-state index contributed by atoms with van der Waals surface area (Å²) in [5.74, 6) is 2.21. The van der Waals surface area contributed by atoms with Gasteiger partial charge in [0.2, 0.25) is 11.6 Å². The Bertz CT molecular complexity index is 732. The van der Waals surface area contributed by atoms with E-state index in [4.69, 9.17) is 9.15 Å². The van der Waals surface area contributed by atoms with Gasteiger partial charge in [0.1, 0.15) is 17.1 Å². The number of ether oxygens (including phenoxy) is 1. The molecule has 0 fully saturated rings. The molecule has 0 saturated carbocycles. The Morgan fingerprint density at radius 1 is 1.00 bits per heavy atom. The van der Waals surface area contributed by atoms with Crippen molar-refractivity contribution < 1.29 is 9.15 Å². The van der Waals surface area contributed by atoms with E-state index in [1.165, 1.54) is 0 Å². The monoisotopic (exact) mass is 269 g/mol. The van der Waals surface area contributed by atoms with E-state index in [-0.39, 0.29) is 0 Å². The van der Waals surface area contributed by atoms with Crippen molar-refractivity contribution >= 4 is 17.0 Å². The zero-order valence-electron chi connectivity index (χ0n) is 11.6. The second kappa shape index (κ2) is 4.85. The number of rotatable bonds is 3. The van der Waals surface area contributed by atoms with Gasteiger partial charge >= 0.3 is 0 Å². The molecule has 0 aliphatic rings. The van der Waals surface area contributed by atoms with Crippen LogP contribution >= 0.6 is 0 Å². The van der Waals surface area contributed by atoms with Gasteiger partial charge in [-0.3, -0.25) is 0 Å². The maximum atomic E-state index is 5.73. The number of aromatic nitrogens is 2. The molecule has 5 nitrogen and oxygen atoms in total. The molecule has 2 heterocycles. The van der Waals surface area contributed by atoms with E-state index < -0.39 is 0 Å². The van der Waals surface area contributed by atoms with Crippen LogP contribution in [0.1, 0.15) is 0 Å². The van der Waals surface area contributed by atoms with Crippen molar-refractivity contribution in [1.29, 1.82) is 0 Å². The largest absolute Gasteiger partial charge is 0.497 e. The zero-order chi connectivity index (χ0) is 14.1. The summed E-state index contributed by atoms with van der Waals surface area (Å²) in [4.78, 5) is 10.8. The highest BCUT2D eigenvalue weighted by atomic mass is 16.5. The molecule has 0 spiro atoms. The summed E-state index contributed by atoms with van der Waals surface area (Å²) < 4.78 is 10.9. The molecule has 0 atom stereocenters. The first-order chi connectivity index (χ1) is 9.67. The van der Waals surface area contributed by atoms with Crippen molar-refractivity contribution in [3.8, 4) is 17.2 Å². The number of oxazole rings is 1. The van der Waals surface area contributed by atoms with E-state index in [2.05, 4.69) is 9.97 Å². The Kier molecular flexibility index (Phi) is 3.02. The summed E-state index contributed by atoms with van der Waals surface area (Å²) in [6.07, 6.45) is 0. The molecule has 0 amide bonds. The summed E-state index contributed by atoms with van der Waals surface area (Å²) in [5.41, 5.74) is 2.19. The second-order valence-corrected chi connectivity index (χ2v) is 4.64. The first kappa shape index (κ1) is 12.5. The number of anilines is 1. The molecule has 0 saturated heterocycles. The van der Waals surface area contributed by atoms with Gasteiger partial charge in [0.25, 0.3) is 0 Å². The predicted octanol–water partition coefficient (Wildman–Crippen LogP) is 2.96. The van der Waals surface area contributed by atoms with Crippen molar-refractivity contribution in [3.05, 3.63) is 36.4 Å². The Hall–Kier alpha value is -2.56. The van der Waals surface area contributed by atoms with Gasteiger partial charge in [0.05, 0.1) is 7.11 Å². The van der Waals surface area contributed by atoms with Crippen molar-refractivity contribution in [1.82, 2.24) is 9.97 Å². The minimum Gasteiger partial charge on any atom is -0.497 e. The summed E-state index contributed by atoms with van der Waals surface area (Å²) in [6, 6.07) is 11.4. The van der Waals surface area contributed by atoms with Gasteiger partial charge in [0.15, 0.2) is 0 Å². The van der Waals surface area contributed by atoms with Crippen LogP contribution in [0.4, 0.5) is 5.82 Å². The Morgan fingerprint density at radius 3 is 2.40 bits per heavy atom. The van der Waals surface area contributed by atoms with Gasteiger partial charge in [-0.2, -0.15) is 4.98 Å². The van der Waals surface area contributed by atoms with Crippen molar-refractivity contribution in [3.63, 3.8) is 0 Å². The van der Waals surface area contributed by atoms with E-state index in [0.29, 0.717) is 11.6 Å². The number of fused-ring (bicyclic) bond motifs is 1. The van der Waals surface area contributed by atoms with E-state index in [1.54, 1.807) is 7.11 Å². The molecule has 0 aliphatic carbocycles. The first-order valence-corrected chi connectivity index (χ1v) is 6.27. The van der Waals surface area contributed by atoms with Crippen LogP contribution in [0.25, 0.3) is 22.7 Å². The van der Waals surface area contributed by atoms with Gasteiger partial charge in [0, 0.05) is 19.7 Å². The lowest BCUT2D eigenvalue weighted by Crippen LogP contribution is -2.09. The second-order valence-electron chi connectivity index (χ2n) is 4.64. The lowest BCUT2D eigenvalue weighted by Gasteiger charge is -2.09. The predicted molar refractivity (Wildman–Crippen MR) is 78.1 cm³/mol.